The molecule has 0 saturated heterocycles. The lowest BCUT2D eigenvalue weighted by molar-refractivity contribution is 0.213. The van der Waals surface area contributed by atoms with E-state index in [-0.39, 0.29) is 6.10 Å². The first kappa shape index (κ1) is 19.5. The summed E-state index contributed by atoms with van der Waals surface area (Å²) in [5.41, 5.74) is 0.810. The molecular weight excluding hydrogens is 356 g/mol. The number of methoxy groups -OCH3 is 1. The van der Waals surface area contributed by atoms with Gasteiger partial charge in [-0.2, -0.15) is 0 Å². The summed E-state index contributed by atoms with van der Waals surface area (Å²) in [5.74, 6) is 2.92. The van der Waals surface area contributed by atoms with Crippen molar-refractivity contribution in [2.24, 2.45) is 4.99 Å². The SMILES string of the molecule is CCNC(=NCc1nnc2ccccn12)NCC(C)Oc1ccccc1OC. The van der Waals surface area contributed by atoms with E-state index in [1.165, 1.54) is 0 Å². The summed E-state index contributed by atoms with van der Waals surface area (Å²) in [4.78, 5) is 4.61. The second-order valence-corrected chi connectivity index (χ2v) is 6.20. The van der Waals surface area contributed by atoms with Crippen LogP contribution in [0.2, 0.25) is 0 Å². The lowest BCUT2D eigenvalue weighted by atomic mass is 10.3. The van der Waals surface area contributed by atoms with Crippen LogP contribution in [0.15, 0.2) is 53.7 Å². The molecule has 1 unspecified atom stereocenters. The van der Waals surface area contributed by atoms with Crippen LogP contribution < -0.4 is 20.1 Å². The van der Waals surface area contributed by atoms with E-state index in [0.717, 1.165) is 23.8 Å². The molecule has 0 radical (unpaired) electrons. The molecule has 8 heteroatoms. The molecule has 3 rings (SSSR count). The van der Waals surface area contributed by atoms with Crippen LogP contribution in [0.4, 0.5) is 0 Å². The van der Waals surface area contributed by atoms with Gasteiger partial charge < -0.3 is 20.1 Å². The Morgan fingerprint density at radius 1 is 1.11 bits per heavy atom. The predicted octanol–water partition coefficient (Wildman–Crippen LogP) is 2.26. The van der Waals surface area contributed by atoms with E-state index in [1.807, 2.05) is 66.9 Å². The molecule has 0 aliphatic heterocycles. The zero-order chi connectivity index (χ0) is 19.8. The van der Waals surface area contributed by atoms with Crippen LogP contribution in [0, 0.1) is 0 Å². The molecule has 0 bridgehead atoms. The zero-order valence-corrected chi connectivity index (χ0v) is 16.4. The van der Waals surface area contributed by atoms with Gasteiger partial charge in [0.05, 0.1) is 13.7 Å². The van der Waals surface area contributed by atoms with Crippen molar-refractivity contribution in [1.82, 2.24) is 25.2 Å². The number of nitrogens with zero attached hydrogens (tertiary/aromatic N) is 4. The Balaban J connectivity index is 1.60. The topological polar surface area (TPSA) is 85.1 Å². The lowest BCUT2D eigenvalue weighted by Gasteiger charge is -2.19. The van der Waals surface area contributed by atoms with E-state index in [1.54, 1.807) is 7.11 Å². The summed E-state index contributed by atoms with van der Waals surface area (Å²) in [6, 6.07) is 13.4. The van der Waals surface area contributed by atoms with Gasteiger partial charge in [0.2, 0.25) is 0 Å². The second-order valence-electron chi connectivity index (χ2n) is 6.20. The smallest absolute Gasteiger partial charge is 0.191 e. The molecule has 1 atom stereocenters. The molecule has 0 spiro atoms. The van der Waals surface area contributed by atoms with Crippen LogP contribution in [0.5, 0.6) is 11.5 Å². The van der Waals surface area contributed by atoms with Gasteiger partial charge in [-0.25, -0.2) is 4.99 Å². The molecule has 0 amide bonds. The van der Waals surface area contributed by atoms with E-state index < -0.39 is 0 Å². The number of hydrogen-bond acceptors (Lipinski definition) is 5. The summed E-state index contributed by atoms with van der Waals surface area (Å²) >= 11 is 0. The number of benzene rings is 1. The highest BCUT2D eigenvalue weighted by molar-refractivity contribution is 5.79. The number of rotatable bonds is 8. The molecule has 2 aromatic heterocycles. The van der Waals surface area contributed by atoms with Gasteiger partial charge in [0, 0.05) is 12.7 Å². The molecular formula is C20H26N6O2. The van der Waals surface area contributed by atoms with Crippen molar-refractivity contribution in [1.29, 1.82) is 0 Å². The van der Waals surface area contributed by atoms with Gasteiger partial charge in [-0.15, -0.1) is 10.2 Å². The number of pyridine rings is 1. The van der Waals surface area contributed by atoms with Crippen LogP contribution >= 0.6 is 0 Å². The summed E-state index contributed by atoms with van der Waals surface area (Å²) < 4.78 is 13.2. The van der Waals surface area contributed by atoms with E-state index in [9.17, 15) is 0 Å². The largest absolute Gasteiger partial charge is 0.493 e. The highest BCUT2D eigenvalue weighted by atomic mass is 16.5. The number of aliphatic imine (C=N–C) groups is 1. The van der Waals surface area contributed by atoms with Crippen molar-refractivity contribution < 1.29 is 9.47 Å². The van der Waals surface area contributed by atoms with E-state index in [2.05, 4.69) is 25.8 Å². The molecule has 2 heterocycles. The summed E-state index contributed by atoms with van der Waals surface area (Å²) in [6.45, 7) is 5.79. The Hall–Kier alpha value is -3.29. The summed E-state index contributed by atoms with van der Waals surface area (Å²) in [6.07, 6.45) is 1.86. The van der Waals surface area contributed by atoms with Crippen molar-refractivity contribution in [2.75, 3.05) is 20.2 Å². The lowest BCUT2D eigenvalue weighted by Crippen LogP contribution is -2.41. The minimum atomic E-state index is -0.0749. The Labute approximate surface area is 164 Å². The van der Waals surface area contributed by atoms with Crippen molar-refractivity contribution in [2.45, 2.75) is 26.5 Å². The molecule has 28 heavy (non-hydrogen) atoms. The number of fused-ring (bicyclic) bond motifs is 1. The fraction of sp³-hybridized carbons (Fsp3) is 0.350. The van der Waals surface area contributed by atoms with Crippen LogP contribution in [-0.4, -0.2) is 46.9 Å². The number of nitrogens with one attached hydrogen (secondary N) is 2. The predicted molar refractivity (Wildman–Crippen MR) is 109 cm³/mol. The third-order valence-electron chi connectivity index (χ3n) is 4.06. The molecule has 148 valence electrons. The van der Waals surface area contributed by atoms with Crippen molar-refractivity contribution >= 4 is 11.6 Å². The fourth-order valence-corrected chi connectivity index (χ4v) is 2.71. The minimum absolute atomic E-state index is 0.0749. The van der Waals surface area contributed by atoms with Gasteiger partial charge in [-0.3, -0.25) is 4.40 Å². The Morgan fingerprint density at radius 3 is 2.68 bits per heavy atom. The standard InChI is InChI=1S/C20H26N6O2/c1-4-21-20(23-14-19-25-24-18-11-7-8-12-26(18)19)22-13-15(2)28-17-10-6-5-9-16(17)27-3/h5-12,15H,4,13-14H2,1-3H3,(H2,21,22,23). The van der Waals surface area contributed by atoms with Crippen LogP contribution in [0.1, 0.15) is 19.7 Å². The number of aromatic nitrogens is 3. The van der Waals surface area contributed by atoms with Crippen LogP contribution in [0.3, 0.4) is 0 Å². The highest BCUT2D eigenvalue weighted by Gasteiger charge is 2.10. The van der Waals surface area contributed by atoms with Crippen molar-refractivity contribution in [3.63, 3.8) is 0 Å². The first-order chi connectivity index (χ1) is 13.7. The quantitative estimate of drug-likeness (QED) is 0.459. The summed E-state index contributed by atoms with van der Waals surface area (Å²) in [5, 5.41) is 14.9. The van der Waals surface area contributed by atoms with Crippen molar-refractivity contribution in [3.05, 3.63) is 54.5 Å². The molecule has 0 aliphatic rings. The van der Waals surface area contributed by atoms with Gasteiger partial charge >= 0.3 is 0 Å². The molecule has 0 aliphatic carbocycles. The van der Waals surface area contributed by atoms with Gasteiger partial charge in [-0.1, -0.05) is 18.2 Å². The molecule has 3 aromatic rings. The minimum Gasteiger partial charge on any atom is -0.493 e. The number of para-hydroxylation sites is 2. The van der Waals surface area contributed by atoms with Gasteiger partial charge in [-0.05, 0) is 38.1 Å². The zero-order valence-electron chi connectivity index (χ0n) is 16.4. The fourth-order valence-electron chi connectivity index (χ4n) is 2.71. The Morgan fingerprint density at radius 2 is 1.89 bits per heavy atom. The average molecular weight is 382 g/mol. The first-order valence-corrected chi connectivity index (χ1v) is 9.31. The molecule has 0 saturated carbocycles. The van der Waals surface area contributed by atoms with E-state index in [4.69, 9.17) is 9.47 Å². The van der Waals surface area contributed by atoms with Crippen LogP contribution in [-0.2, 0) is 6.54 Å². The van der Waals surface area contributed by atoms with Gasteiger partial charge in [0.15, 0.2) is 28.9 Å². The van der Waals surface area contributed by atoms with Gasteiger partial charge in [0.1, 0.15) is 12.6 Å². The number of guanidine groups is 1. The third-order valence-corrected chi connectivity index (χ3v) is 4.06. The van der Waals surface area contributed by atoms with Crippen molar-refractivity contribution in [3.8, 4) is 11.5 Å². The third kappa shape index (κ3) is 4.91. The van der Waals surface area contributed by atoms with E-state index >= 15 is 0 Å². The van der Waals surface area contributed by atoms with Crippen LogP contribution in [0.25, 0.3) is 5.65 Å². The van der Waals surface area contributed by atoms with E-state index in [0.29, 0.717) is 24.8 Å². The molecule has 2 N–H and O–H groups in total. The summed E-state index contributed by atoms with van der Waals surface area (Å²) in [7, 11) is 1.63. The average Bonchev–Trinajstić information content (AvgIpc) is 3.13. The molecule has 1 aromatic carbocycles. The maximum atomic E-state index is 5.98. The normalized spacial score (nSPS) is 12.6. The first-order valence-electron chi connectivity index (χ1n) is 9.31. The maximum absolute atomic E-state index is 5.98. The maximum Gasteiger partial charge on any atom is 0.191 e. The number of hydrogen-bond donors (Lipinski definition) is 2. The van der Waals surface area contributed by atoms with Gasteiger partial charge in [0.25, 0.3) is 0 Å². The Kier molecular flexibility index (Phi) is 6.67. The Bertz CT molecular complexity index is 924. The molecule has 8 nitrogen and oxygen atoms in total. The monoisotopic (exact) mass is 382 g/mol. The highest BCUT2D eigenvalue weighted by Crippen LogP contribution is 2.26. The number of ether oxygens (including phenoxy) is 2. The molecule has 0 fully saturated rings. The second kappa shape index (κ2) is 9.59.